The Hall–Kier alpha value is -3.39. The third-order valence-corrected chi connectivity index (χ3v) is 5.32. The van der Waals surface area contributed by atoms with Crippen LogP contribution in [0.2, 0.25) is 0 Å². The SMILES string of the molecule is CC1CN(c2ccc3nc(-c4ccc(F)cc4)c(-c4ccnnc4)n3n2)CC(C)N1. The van der Waals surface area contributed by atoms with Crippen molar-refractivity contribution >= 4 is 11.5 Å². The molecule has 1 fully saturated rings. The van der Waals surface area contributed by atoms with Crippen molar-refractivity contribution in [3.63, 3.8) is 0 Å². The number of piperazine rings is 1. The van der Waals surface area contributed by atoms with Gasteiger partial charge in [0.15, 0.2) is 5.65 Å². The predicted molar refractivity (Wildman–Crippen MR) is 114 cm³/mol. The van der Waals surface area contributed by atoms with Gasteiger partial charge in [-0.05, 0) is 56.3 Å². The lowest BCUT2D eigenvalue weighted by atomic mass is 10.1. The molecule has 3 aromatic heterocycles. The molecule has 4 heterocycles. The zero-order chi connectivity index (χ0) is 20.7. The summed E-state index contributed by atoms with van der Waals surface area (Å²) < 4.78 is 15.3. The lowest BCUT2D eigenvalue weighted by molar-refractivity contribution is 0.404. The maximum absolute atomic E-state index is 13.5. The first-order valence-corrected chi connectivity index (χ1v) is 10.0. The highest BCUT2D eigenvalue weighted by Crippen LogP contribution is 2.32. The van der Waals surface area contributed by atoms with E-state index in [0.717, 1.165) is 47.1 Å². The number of imidazole rings is 1. The zero-order valence-corrected chi connectivity index (χ0v) is 16.8. The monoisotopic (exact) mass is 403 g/mol. The first-order chi connectivity index (χ1) is 14.6. The summed E-state index contributed by atoms with van der Waals surface area (Å²) in [6, 6.07) is 13.0. The second-order valence-corrected chi connectivity index (χ2v) is 7.78. The van der Waals surface area contributed by atoms with Gasteiger partial charge >= 0.3 is 0 Å². The average Bonchev–Trinajstić information content (AvgIpc) is 3.13. The summed E-state index contributed by atoms with van der Waals surface area (Å²) in [5.74, 6) is 0.617. The van der Waals surface area contributed by atoms with Gasteiger partial charge < -0.3 is 10.2 Å². The first kappa shape index (κ1) is 18.6. The number of nitrogens with one attached hydrogen (secondary N) is 1. The van der Waals surface area contributed by atoms with E-state index in [0.29, 0.717) is 12.1 Å². The van der Waals surface area contributed by atoms with Gasteiger partial charge in [0.05, 0.1) is 18.1 Å². The molecule has 1 aliphatic heterocycles. The summed E-state index contributed by atoms with van der Waals surface area (Å²) in [6.45, 7) is 6.13. The van der Waals surface area contributed by atoms with E-state index < -0.39 is 0 Å². The molecule has 4 aromatic rings. The molecule has 2 atom stereocenters. The highest BCUT2D eigenvalue weighted by molar-refractivity contribution is 5.81. The molecule has 0 amide bonds. The predicted octanol–water partition coefficient (Wildman–Crippen LogP) is 3.18. The van der Waals surface area contributed by atoms with Gasteiger partial charge in [-0.2, -0.15) is 10.2 Å². The summed E-state index contributed by atoms with van der Waals surface area (Å²) in [6.07, 6.45) is 3.34. The van der Waals surface area contributed by atoms with Crippen molar-refractivity contribution in [2.45, 2.75) is 25.9 Å². The van der Waals surface area contributed by atoms with Crippen LogP contribution in [0.1, 0.15) is 13.8 Å². The minimum atomic E-state index is -0.281. The number of hydrogen-bond acceptors (Lipinski definition) is 6. The lowest BCUT2D eigenvalue weighted by Crippen LogP contribution is -2.54. The fourth-order valence-corrected chi connectivity index (χ4v) is 4.10. The van der Waals surface area contributed by atoms with E-state index in [1.807, 2.05) is 22.7 Å². The van der Waals surface area contributed by atoms with E-state index in [2.05, 4.69) is 34.3 Å². The van der Waals surface area contributed by atoms with Crippen molar-refractivity contribution in [2.75, 3.05) is 18.0 Å². The van der Waals surface area contributed by atoms with Gasteiger partial charge in [0.2, 0.25) is 0 Å². The van der Waals surface area contributed by atoms with Crippen LogP contribution in [0.5, 0.6) is 0 Å². The van der Waals surface area contributed by atoms with Gasteiger partial charge in [0, 0.05) is 36.3 Å². The molecule has 152 valence electrons. The van der Waals surface area contributed by atoms with Crippen LogP contribution in [0.25, 0.3) is 28.2 Å². The van der Waals surface area contributed by atoms with Crippen molar-refractivity contribution < 1.29 is 4.39 Å². The van der Waals surface area contributed by atoms with E-state index in [9.17, 15) is 4.39 Å². The van der Waals surface area contributed by atoms with Gasteiger partial charge in [0.25, 0.3) is 0 Å². The number of rotatable bonds is 3. The van der Waals surface area contributed by atoms with Crippen molar-refractivity contribution in [2.24, 2.45) is 0 Å². The van der Waals surface area contributed by atoms with Crippen molar-refractivity contribution in [1.82, 2.24) is 30.1 Å². The fourth-order valence-electron chi connectivity index (χ4n) is 4.10. The number of benzene rings is 1. The molecule has 0 saturated carbocycles. The smallest absolute Gasteiger partial charge is 0.155 e. The standard InChI is InChI=1S/C22H22FN7/c1-14-12-29(13-15(2)26-14)20-8-7-19-27-21(16-3-5-18(23)6-4-16)22(30(19)28-20)17-9-10-24-25-11-17/h3-11,14-15,26H,12-13H2,1-2H3. The fraction of sp³-hybridized carbons (Fsp3) is 0.273. The number of halogens is 1. The van der Waals surface area contributed by atoms with Gasteiger partial charge in [-0.25, -0.2) is 13.9 Å². The summed E-state index contributed by atoms with van der Waals surface area (Å²) >= 11 is 0. The van der Waals surface area contributed by atoms with Gasteiger partial charge in [-0.3, -0.25) is 0 Å². The van der Waals surface area contributed by atoms with Crippen LogP contribution in [-0.4, -0.2) is 50.0 Å². The van der Waals surface area contributed by atoms with Crippen LogP contribution in [-0.2, 0) is 0 Å². The van der Waals surface area contributed by atoms with Crippen molar-refractivity contribution in [3.05, 3.63) is 60.7 Å². The summed E-state index contributed by atoms with van der Waals surface area (Å²) in [4.78, 5) is 7.09. The molecule has 7 nitrogen and oxygen atoms in total. The van der Waals surface area contributed by atoms with E-state index in [4.69, 9.17) is 10.1 Å². The van der Waals surface area contributed by atoms with Crippen LogP contribution in [0.3, 0.4) is 0 Å². The zero-order valence-electron chi connectivity index (χ0n) is 16.8. The molecule has 0 radical (unpaired) electrons. The summed E-state index contributed by atoms with van der Waals surface area (Å²) in [7, 11) is 0. The van der Waals surface area contributed by atoms with Gasteiger partial charge in [-0.1, -0.05) is 0 Å². The Bertz CT molecular complexity index is 1160. The molecule has 1 N–H and O–H groups in total. The Morgan fingerprint density at radius 2 is 1.70 bits per heavy atom. The number of nitrogens with zero attached hydrogens (tertiary/aromatic N) is 6. The Morgan fingerprint density at radius 3 is 2.40 bits per heavy atom. The normalized spacial score (nSPS) is 19.4. The maximum atomic E-state index is 13.5. The molecule has 1 saturated heterocycles. The minimum absolute atomic E-state index is 0.281. The Balaban J connectivity index is 1.68. The summed E-state index contributed by atoms with van der Waals surface area (Å²) in [5, 5.41) is 16.4. The van der Waals surface area contributed by atoms with Gasteiger partial charge in [-0.15, -0.1) is 5.10 Å². The highest BCUT2D eigenvalue weighted by Gasteiger charge is 2.24. The molecular weight excluding hydrogens is 381 g/mol. The van der Waals surface area contributed by atoms with E-state index in [1.54, 1.807) is 24.5 Å². The van der Waals surface area contributed by atoms with Crippen LogP contribution in [0.4, 0.5) is 10.2 Å². The highest BCUT2D eigenvalue weighted by atomic mass is 19.1. The third-order valence-electron chi connectivity index (χ3n) is 5.32. The largest absolute Gasteiger partial charge is 0.352 e. The van der Waals surface area contributed by atoms with Crippen LogP contribution >= 0.6 is 0 Å². The minimum Gasteiger partial charge on any atom is -0.352 e. The maximum Gasteiger partial charge on any atom is 0.155 e. The number of hydrogen-bond donors (Lipinski definition) is 1. The Morgan fingerprint density at radius 1 is 0.933 bits per heavy atom. The molecule has 5 rings (SSSR count). The van der Waals surface area contributed by atoms with E-state index in [1.165, 1.54) is 12.1 Å². The van der Waals surface area contributed by atoms with E-state index in [-0.39, 0.29) is 5.82 Å². The Labute approximate surface area is 173 Å². The van der Waals surface area contributed by atoms with Crippen LogP contribution in [0, 0.1) is 5.82 Å². The van der Waals surface area contributed by atoms with E-state index >= 15 is 0 Å². The van der Waals surface area contributed by atoms with Gasteiger partial charge in [0.1, 0.15) is 17.3 Å². The van der Waals surface area contributed by atoms with Crippen LogP contribution < -0.4 is 10.2 Å². The third kappa shape index (κ3) is 3.39. The Kier molecular flexibility index (Phi) is 4.63. The van der Waals surface area contributed by atoms with Crippen LogP contribution in [0.15, 0.2) is 54.9 Å². The lowest BCUT2D eigenvalue weighted by Gasteiger charge is -2.36. The average molecular weight is 403 g/mol. The molecule has 1 aromatic carbocycles. The molecular formula is C22H22FN7. The van der Waals surface area contributed by atoms with Crippen molar-refractivity contribution in [3.8, 4) is 22.5 Å². The molecule has 8 heteroatoms. The topological polar surface area (TPSA) is 71.2 Å². The second-order valence-electron chi connectivity index (χ2n) is 7.78. The molecule has 30 heavy (non-hydrogen) atoms. The molecule has 0 spiro atoms. The molecule has 2 unspecified atom stereocenters. The number of anilines is 1. The quantitative estimate of drug-likeness (QED) is 0.567. The van der Waals surface area contributed by atoms with Crippen molar-refractivity contribution in [1.29, 1.82) is 0 Å². The second kappa shape index (κ2) is 7.46. The molecule has 0 bridgehead atoms. The molecule has 0 aliphatic carbocycles. The first-order valence-electron chi connectivity index (χ1n) is 10.0. The molecule has 1 aliphatic rings. The summed E-state index contributed by atoms with van der Waals surface area (Å²) in [5.41, 5.74) is 3.93. The number of aromatic nitrogens is 5. The number of fused-ring (bicyclic) bond motifs is 1.